The number of hydrogen-bond donors (Lipinski definition) is 3. The second-order valence-corrected chi connectivity index (χ2v) is 11.5. The fourth-order valence-electron chi connectivity index (χ4n) is 4.13. The van der Waals surface area contributed by atoms with Crippen LogP contribution in [-0.4, -0.2) is 36.7 Å². The molecule has 0 aliphatic heterocycles. The van der Waals surface area contributed by atoms with E-state index >= 15 is 0 Å². The molecular formula is C36H37N3O5S. The molecule has 4 aromatic carbocycles. The number of benzene rings is 4. The summed E-state index contributed by atoms with van der Waals surface area (Å²) >= 11 is 1.40. The topological polar surface area (TPSA) is 106 Å². The normalized spacial score (nSPS) is 11.7. The second kappa shape index (κ2) is 16.7. The summed E-state index contributed by atoms with van der Waals surface area (Å²) in [6.45, 7) is 4.62. The molecule has 0 fully saturated rings. The van der Waals surface area contributed by atoms with Gasteiger partial charge in [-0.05, 0) is 97.8 Å². The summed E-state index contributed by atoms with van der Waals surface area (Å²) in [6.07, 6.45) is 3.66. The molecule has 0 radical (unpaired) electrons. The summed E-state index contributed by atoms with van der Waals surface area (Å²) in [4.78, 5) is 39.9. The van der Waals surface area contributed by atoms with E-state index in [0.29, 0.717) is 34.9 Å². The summed E-state index contributed by atoms with van der Waals surface area (Å²) in [7, 11) is 1.56. The summed E-state index contributed by atoms with van der Waals surface area (Å²) in [6, 6.07) is 30.4. The lowest BCUT2D eigenvalue weighted by molar-refractivity contribution is -0.115. The van der Waals surface area contributed by atoms with Crippen LogP contribution in [0.2, 0.25) is 0 Å². The molecule has 3 amide bonds. The van der Waals surface area contributed by atoms with E-state index in [4.69, 9.17) is 9.47 Å². The van der Waals surface area contributed by atoms with Crippen LogP contribution in [0.25, 0.3) is 6.08 Å². The zero-order valence-corrected chi connectivity index (χ0v) is 26.4. The molecule has 4 rings (SSSR count). The first-order chi connectivity index (χ1) is 21.8. The Bertz CT molecular complexity index is 1610. The fraction of sp³-hybridized carbons (Fsp3) is 0.194. The Morgan fingerprint density at radius 1 is 0.822 bits per heavy atom. The van der Waals surface area contributed by atoms with Crippen LogP contribution in [0.1, 0.15) is 42.6 Å². The van der Waals surface area contributed by atoms with E-state index in [9.17, 15) is 14.4 Å². The molecule has 0 aromatic heterocycles. The first kappa shape index (κ1) is 32.9. The van der Waals surface area contributed by atoms with Crippen LogP contribution in [0, 0.1) is 0 Å². The Kier molecular flexibility index (Phi) is 12.2. The zero-order chi connectivity index (χ0) is 32.0. The number of nitrogens with one attached hydrogen (secondary N) is 3. The van der Waals surface area contributed by atoms with Gasteiger partial charge in [-0.1, -0.05) is 43.7 Å². The molecule has 0 heterocycles. The van der Waals surface area contributed by atoms with Gasteiger partial charge in [0.05, 0.1) is 19.0 Å². The molecule has 0 bridgehead atoms. The highest BCUT2D eigenvalue weighted by Gasteiger charge is 2.17. The molecule has 1 unspecified atom stereocenters. The molecule has 8 nitrogen and oxygen atoms in total. The Morgan fingerprint density at radius 3 is 2.20 bits per heavy atom. The van der Waals surface area contributed by atoms with Crippen molar-refractivity contribution in [1.29, 1.82) is 0 Å². The van der Waals surface area contributed by atoms with Gasteiger partial charge in [0.2, 0.25) is 5.91 Å². The molecule has 3 N–H and O–H groups in total. The van der Waals surface area contributed by atoms with Gasteiger partial charge in [-0.2, -0.15) is 0 Å². The number of ether oxygens (including phenoxy) is 2. The van der Waals surface area contributed by atoms with E-state index in [0.717, 1.165) is 23.5 Å². The number of thioether (sulfide) groups is 1. The molecule has 1 atom stereocenters. The summed E-state index contributed by atoms with van der Waals surface area (Å²) < 4.78 is 11.0. The standard InChI is InChI=1S/C36H37N3O5S/c1-4-5-22-44-30-18-14-28(15-19-30)37-34(40)25(2)45-32-20-16-29(17-21-32)38-36(42)33(24-26-10-9-13-31(23-26)43-3)39-35(41)27-11-7-6-8-12-27/h6-21,23-25H,4-5,22H2,1-3H3,(H,37,40)(H,38,42)(H,39,41)/b33-24-. The van der Waals surface area contributed by atoms with Crippen molar-refractivity contribution in [2.75, 3.05) is 24.4 Å². The SMILES string of the molecule is CCCCOc1ccc(NC(=O)C(C)Sc2ccc(NC(=O)/C(=C/c3cccc(OC)c3)NC(=O)c3ccccc3)cc2)cc1. The number of rotatable bonds is 14. The van der Waals surface area contributed by atoms with Gasteiger partial charge in [0.25, 0.3) is 11.8 Å². The minimum atomic E-state index is -0.489. The number of hydrogen-bond acceptors (Lipinski definition) is 6. The summed E-state index contributed by atoms with van der Waals surface area (Å²) in [5.41, 5.74) is 2.41. The van der Waals surface area contributed by atoms with Crippen molar-refractivity contribution in [2.24, 2.45) is 0 Å². The van der Waals surface area contributed by atoms with Crippen LogP contribution in [0.4, 0.5) is 11.4 Å². The van der Waals surface area contributed by atoms with Crippen molar-refractivity contribution in [3.63, 3.8) is 0 Å². The average molecular weight is 624 g/mol. The third kappa shape index (κ3) is 10.3. The van der Waals surface area contributed by atoms with Crippen LogP contribution in [0.5, 0.6) is 11.5 Å². The van der Waals surface area contributed by atoms with E-state index in [-0.39, 0.29) is 16.9 Å². The molecule has 232 valence electrons. The molecular weight excluding hydrogens is 586 g/mol. The highest BCUT2D eigenvalue weighted by molar-refractivity contribution is 8.00. The third-order valence-electron chi connectivity index (χ3n) is 6.62. The highest BCUT2D eigenvalue weighted by Crippen LogP contribution is 2.26. The Labute approximate surface area is 268 Å². The number of amides is 3. The Balaban J connectivity index is 1.38. The molecule has 0 aliphatic carbocycles. The molecule has 0 aliphatic rings. The van der Waals surface area contributed by atoms with Crippen molar-refractivity contribution >= 4 is 46.9 Å². The van der Waals surface area contributed by atoms with Crippen molar-refractivity contribution < 1.29 is 23.9 Å². The zero-order valence-electron chi connectivity index (χ0n) is 25.5. The average Bonchev–Trinajstić information content (AvgIpc) is 3.06. The predicted octanol–water partition coefficient (Wildman–Crippen LogP) is 7.40. The summed E-state index contributed by atoms with van der Waals surface area (Å²) in [5, 5.41) is 8.16. The van der Waals surface area contributed by atoms with E-state index in [1.807, 2.05) is 55.5 Å². The van der Waals surface area contributed by atoms with Crippen molar-refractivity contribution in [2.45, 2.75) is 36.8 Å². The van der Waals surface area contributed by atoms with Crippen molar-refractivity contribution in [3.05, 3.63) is 120 Å². The van der Waals surface area contributed by atoms with Crippen LogP contribution in [-0.2, 0) is 9.59 Å². The van der Waals surface area contributed by atoms with E-state index in [1.54, 1.807) is 67.8 Å². The first-order valence-corrected chi connectivity index (χ1v) is 15.6. The van der Waals surface area contributed by atoms with E-state index in [1.165, 1.54) is 11.8 Å². The van der Waals surface area contributed by atoms with Gasteiger partial charge in [-0.25, -0.2) is 0 Å². The predicted molar refractivity (Wildman–Crippen MR) is 181 cm³/mol. The van der Waals surface area contributed by atoms with Crippen LogP contribution < -0.4 is 25.4 Å². The summed E-state index contributed by atoms with van der Waals surface area (Å²) in [5.74, 6) is 0.377. The number of carbonyl (C=O) groups excluding carboxylic acids is 3. The van der Waals surface area contributed by atoms with Gasteiger partial charge in [0.15, 0.2) is 0 Å². The van der Waals surface area contributed by atoms with Gasteiger partial charge >= 0.3 is 0 Å². The first-order valence-electron chi connectivity index (χ1n) is 14.7. The minimum Gasteiger partial charge on any atom is -0.497 e. The molecule has 0 saturated carbocycles. The number of unbranched alkanes of at least 4 members (excludes halogenated alkanes) is 1. The largest absolute Gasteiger partial charge is 0.497 e. The maximum Gasteiger partial charge on any atom is 0.272 e. The van der Waals surface area contributed by atoms with Gasteiger partial charge in [0, 0.05) is 21.8 Å². The molecule has 0 spiro atoms. The van der Waals surface area contributed by atoms with Gasteiger partial charge in [0.1, 0.15) is 17.2 Å². The fourth-order valence-corrected chi connectivity index (χ4v) is 4.99. The highest BCUT2D eigenvalue weighted by atomic mass is 32.2. The maximum atomic E-state index is 13.4. The lowest BCUT2D eigenvalue weighted by Gasteiger charge is -2.14. The maximum absolute atomic E-state index is 13.4. The number of carbonyl (C=O) groups is 3. The Hall–Kier alpha value is -5.02. The smallest absolute Gasteiger partial charge is 0.272 e. The minimum absolute atomic E-state index is 0.0707. The molecule has 45 heavy (non-hydrogen) atoms. The second-order valence-electron chi connectivity index (χ2n) is 10.1. The quantitative estimate of drug-likeness (QED) is 0.0768. The van der Waals surface area contributed by atoms with Crippen molar-refractivity contribution in [1.82, 2.24) is 5.32 Å². The van der Waals surface area contributed by atoms with E-state index < -0.39 is 11.8 Å². The van der Waals surface area contributed by atoms with Gasteiger partial charge < -0.3 is 25.4 Å². The van der Waals surface area contributed by atoms with Crippen LogP contribution >= 0.6 is 11.8 Å². The molecule has 9 heteroatoms. The lowest BCUT2D eigenvalue weighted by atomic mass is 10.1. The van der Waals surface area contributed by atoms with Gasteiger partial charge in [-0.15, -0.1) is 11.8 Å². The van der Waals surface area contributed by atoms with Gasteiger partial charge in [-0.3, -0.25) is 14.4 Å². The Morgan fingerprint density at radius 2 is 1.51 bits per heavy atom. The third-order valence-corrected chi connectivity index (χ3v) is 7.73. The molecule has 0 saturated heterocycles. The monoisotopic (exact) mass is 623 g/mol. The number of anilines is 2. The van der Waals surface area contributed by atoms with Crippen molar-refractivity contribution in [3.8, 4) is 11.5 Å². The molecule has 4 aromatic rings. The lowest BCUT2D eigenvalue weighted by Crippen LogP contribution is -2.30. The van der Waals surface area contributed by atoms with Crippen LogP contribution in [0.3, 0.4) is 0 Å². The van der Waals surface area contributed by atoms with E-state index in [2.05, 4.69) is 22.9 Å². The van der Waals surface area contributed by atoms with Crippen LogP contribution in [0.15, 0.2) is 114 Å². The number of methoxy groups -OCH3 is 1.